The molecule has 1 aromatic heterocycles. The number of aliphatic carboxylic acids is 1. The molecule has 1 aliphatic heterocycles. The van der Waals surface area contributed by atoms with Crippen molar-refractivity contribution in [2.45, 2.75) is 25.8 Å². The number of likely N-dealkylation sites (tertiary alicyclic amines) is 1. The zero-order chi connectivity index (χ0) is 18.5. The molecule has 26 heavy (non-hydrogen) atoms. The molecule has 5 nitrogen and oxygen atoms in total. The smallest absolute Gasteiger partial charge is 0.317 e. The molecule has 0 bridgehead atoms. The molecule has 6 heteroatoms. The quantitative estimate of drug-likeness (QED) is 0.844. The second-order valence-electron chi connectivity index (χ2n) is 6.51. The molecule has 1 saturated heterocycles. The number of carbonyl (C=O) groups excluding carboxylic acids is 1. The van der Waals surface area contributed by atoms with E-state index < -0.39 is 5.97 Å². The largest absolute Gasteiger partial charge is 0.480 e. The van der Waals surface area contributed by atoms with E-state index in [0.717, 1.165) is 28.8 Å². The van der Waals surface area contributed by atoms with Crippen molar-refractivity contribution < 1.29 is 14.7 Å². The Morgan fingerprint density at radius 2 is 1.88 bits per heavy atom. The monoisotopic (exact) mass is 372 g/mol. The molecule has 2 heterocycles. The van der Waals surface area contributed by atoms with Gasteiger partial charge in [-0.1, -0.05) is 37.3 Å². The minimum absolute atomic E-state index is 0.0677. The van der Waals surface area contributed by atoms with E-state index in [1.807, 2.05) is 58.5 Å². The van der Waals surface area contributed by atoms with E-state index in [1.165, 1.54) is 11.3 Å². The van der Waals surface area contributed by atoms with E-state index in [2.05, 4.69) is 0 Å². The molecule has 1 aromatic carbocycles. The van der Waals surface area contributed by atoms with Crippen LogP contribution in [0.5, 0.6) is 0 Å². The number of carbonyl (C=O) groups is 2. The molecule has 1 aliphatic rings. The van der Waals surface area contributed by atoms with Gasteiger partial charge in [-0.05, 0) is 36.4 Å². The zero-order valence-electron chi connectivity index (χ0n) is 14.9. The van der Waals surface area contributed by atoms with Crippen LogP contribution in [0.3, 0.4) is 0 Å². The van der Waals surface area contributed by atoms with E-state index >= 15 is 0 Å². The van der Waals surface area contributed by atoms with Crippen LogP contribution in [-0.2, 0) is 4.79 Å². The van der Waals surface area contributed by atoms with Crippen LogP contribution in [0, 0.1) is 0 Å². The van der Waals surface area contributed by atoms with Crippen LogP contribution in [0.2, 0.25) is 0 Å². The van der Waals surface area contributed by atoms with Crippen LogP contribution in [0.15, 0.2) is 41.8 Å². The highest BCUT2D eigenvalue weighted by Gasteiger charge is 2.29. The van der Waals surface area contributed by atoms with E-state index in [4.69, 9.17) is 5.11 Å². The van der Waals surface area contributed by atoms with E-state index in [9.17, 15) is 9.59 Å². The van der Waals surface area contributed by atoms with Crippen molar-refractivity contribution in [2.75, 3.05) is 26.2 Å². The molecular formula is C20H24N2O3S. The summed E-state index contributed by atoms with van der Waals surface area (Å²) in [5.74, 6) is -0.713. The second kappa shape index (κ2) is 8.47. The van der Waals surface area contributed by atoms with Crippen molar-refractivity contribution in [2.24, 2.45) is 0 Å². The van der Waals surface area contributed by atoms with Gasteiger partial charge in [0.05, 0.1) is 11.4 Å². The lowest BCUT2D eigenvalue weighted by Gasteiger charge is -2.37. The zero-order valence-corrected chi connectivity index (χ0v) is 15.7. The number of piperidine rings is 1. The molecule has 0 unspecified atom stereocenters. The highest BCUT2D eigenvalue weighted by molar-refractivity contribution is 7.12. The first-order valence-corrected chi connectivity index (χ1v) is 9.86. The Hall–Kier alpha value is -2.18. The van der Waals surface area contributed by atoms with Gasteiger partial charge in [-0.3, -0.25) is 14.5 Å². The molecular weight excluding hydrogens is 348 g/mol. The lowest BCUT2D eigenvalue weighted by atomic mass is 10.0. The number of likely N-dealkylation sites (N-methyl/N-ethyl adjacent to an activating group) is 1. The Bertz CT molecular complexity index is 751. The maximum absolute atomic E-state index is 13.0. The van der Waals surface area contributed by atoms with E-state index in [-0.39, 0.29) is 18.5 Å². The molecule has 2 aromatic rings. The van der Waals surface area contributed by atoms with Gasteiger partial charge < -0.3 is 10.0 Å². The van der Waals surface area contributed by atoms with Crippen LogP contribution < -0.4 is 0 Å². The summed E-state index contributed by atoms with van der Waals surface area (Å²) >= 11 is 1.49. The number of rotatable bonds is 6. The lowest BCUT2D eigenvalue weighted by molar-refractivity contribution is -0.139. The molecule has 3 rings (SSSR count). The highest BCUT2D eigenvalue weighted by Crippen LogP contribution is 2.30. The normalized spacial score (nSPS) is 15.4. The van der Waals surface area contributed by atoms with Gasteiger partial charge in [0.1, 0.15) is 0 Å². The number of nitrogens with zero attached hydrogens (tertiary/aromatic N) is 2. The van der Waals surface area contributed by atoms with Gasteiger partial charge >= 0.3 is 5.97 Å². The number of thiophene rings is 1. The average Bonchev–Trinajstić information content (AvgIpc) is 3.16. The van der Waals surface area contributed by atoms with Crippen molar-refractivity contribution in [3.63, 3.8) is 0 Å². The van der Waals surface area contributed by atoms with Gasteiger partial charge in [0.15, 0.2) is 0 Å². The maximum atomic E-state index is 13.0. The molecule has 0 aliphatic carbocycles. The van der Waals surface area contributed by atoms with Crippen LogP contribution >= 0.6 is 11.3 Å². The van der Waals surface area contributed by atoms with E-state index in [0.29, 0.717) is 19.6 Å². The SMILES string of the molecule is CCN(CC(=O)O)C1CCN(C(=O)c2sccc2-c2ccccc2)CC1. The van der Waals surface area contributed by atoms with Crippen molar-refractivity contribution in [3.05, 3.63) is 46.7 Å². The number of carboxylic acids is 1. The van der Waals surface area contributed by atoms with E-state index in [1.54, 1.807) is 0 Å². The summed E-state index contributed by atoms with van der Waals surface area (Å²) in [6.45, 7) is 4.11. The molecule has 0 radical (unpaired) electrons. The fraction of sp³-hybridized carbons (Fsp3) is 0.400. The molecule has 1 amide bonds. The number of hydrogen-bond donors (Lipinski definition) is 1. The van der Waals surface area contributed by atoms with Crippen molar-refractivity contribution in [3.8, 4) is 11.1 Å². The number of carboxylic acid groups (broad SMARTS) is 1. The molecule has 0 saturated carbocycles. The first-order chi connectivity index (χ1) is 12.6. The van der Waals surface area contributed by atoms with Gasteiger partial charge in [-0.25, -0.2) is 0 Å². The minimum Gasteiger partial charge on any atom is -0.480 e. The average molecular weight is 372 g/mol. The number of hydrogen-bond acceptors (Lipinski definition) is 4. The Balaban J connectivity index is 1.67. The Labute approximate surface area is 157 Å². The van der Waals surface area contributed by atoms with Crippen molar-refractivity contribution >= 4 is 23.2 Å². The molecule has 0 spiro atoms. The minimum atomic E-state index is -0.795. The summed E-state index contributed by atoms with van der Waals surface area (Å²) in [6.07, 6.45) is 1.64. The van der Waals surface area contributed by atoms with Gasteiger partial charge in [0.25, 0.3) is 5.91 Å². The topological polar surface area (TPSA) is 60.9 Å². The summed E-state index contributed by atoms with van der Waals surface area (Å²) in [6, 6.07) is 12.2. The molecule has 0 atom stereocenters. The third-order valence-corrected chi connectivity index (χ3v) is 5.86. The summed E-state index contributed by atoms with van der Waals surface area (Å²) in [5.41, 5.74) is 2.05. The fourth-order valence-electron chi connectivity index (χ4n) is 3.57. The predicted molar refractivity (Wildman–Crippen MR) is 104 cm³/mol. The molecule has 138 valence electrons. The van der Waals surface area contributed by atoms with Gasteiger partial charge in [0.2, 0.25) is 0 Å². The number of benzene rings is 1. The second-order valence-corrected chi connectivity index (χ2v) is 7.43. The third kappa shape index (κ3) is 4.14. The third-order valence-electron chi connectivity index (χ3n) is 4.96. The Morgan fingerprint density at radius 1 is 1.19 bits per heavy atom. The van der Waals surface area contributed by atoms with Crippen LogP contribution in [-0.4, -0.2) is 59.0 Å². The predicted octanol–water partition coefficient (Wildman–Crippen LogP) is 3.43. The van der Waals surface area contributed by atoms with Gasteiger partial charge in [0, 0.05) is 24.7 Å². The summed E-state index contributed by atoms with van der Waals surface area (Å²) in [7, 11) is 0. The van der Waals surface area contributed by atoms with Crippen LogP contribution in [0.4, 0.5) is 0 Å². The highest BCUT2D eigenvalue weighted by atomic mass is 32.1. The molecule has 1 N–H and O–H groups in total. The van der Waals surface area contributed by atoms with Gasteiger partial charge in [-0.15, -0.1) is 11.3 Å². The summed E-state index contributed by atoms with van der Waals surface area (Å²) < 4.78 is 0. The van der Waals surface area contributed by atoms with Crippen molar-refractivity contribution in [1.29, 1.82) is 0 Å². The Morgan fingerprint density at radius 3 is 2.50 bits per heavy atom. The lowest BCUT2D eigenvalue weighted by Crippen LogP contribution is -2.48. The van der Waals surface area contributed by atoms with Gasteiger partial charge in [-0.2, -0.15) is 0 Å². The number of amides is 1. The maximum Gasteiger partial charge on any atom is 0.317 e. The first kappa shape index (κ1) is 18.6. The van der Waals surface area contributed by atoms with Crippen LogP contribution in [0.1, 0.15) is 29.4 Å². The Kier molecular flexibility index (Phi) is 6.06. The first-order valence-electron chi connectivity index (χ1n) is 8.98. The summed E-state index contributed by atoms with van der Waals surface area (Å²) in [5, 5.41) is 11.0. The van der Waals surface area contributed by atoms with Crippen LogP contribution in [0.25, 0.3) is 11.1 Å². The van der Waals surface area contributed by atoms with Crippen molar-refractivity contribution in [1.82, 2.24) is 9.80 Å². The standard InChI is InChI=1S/C20H24N2O3S/c1-2-21(14-18(23)24)16-8-11-22(12-9-16)20(25)19-17(10-13-26-19)15-6-4-3-5-7-15/h3-7,10,13,16H,2,8-9,11-12,14H2,1H3,(H,23,24). The summed E-state index contributed by atoms with van der Waals surface area (Å²) in [4.78, 5) is 28.7. The fourth-order valence-corrected chi connectivity index (χ4v) is 4.45. The molecule has 1 fully saturated rings.